The average Bonchev–Trinajstić information content (AvgIpc) is 2.57. The maximum Gasteiger partial charge on any atom is 0.261 e. The summed E-state index contributed by atoms with van der Waals surface area (Å²) in [6.45, 7) is 12.2. The summed E-state index contributed by atoms with van der Waals surface area (Å²) in [5.41, 5.74) is 4.70. The Morgan fingerprint density at radius 2 is 1.64 bits per heavy atom. The summed E-state index contributed by atoms with van der Waals surface area (Å²) in [6, 6.07) is 14.1. The molecule has 2 atom stereocenters. The number of hydrogen-bond donors (Lipinski definition) is 1. The summed E-state index contributed by atoms with van der Waals surface area (Å²) in [4.78, 5) is 12.5. The van der Waals surface area contributed by atoms with Gasteiger partial charge in [0.15, 0.2) is 6.10 Å². The predicted molar refractivity (Wildman–Crippen MR) is 103 cm³/mol. The summed E-state index contributed by atoms with van der Waals surface area (Å²) in [5.74, 6) is 1.02. The molecule has 0 fully saturated rings. The Hall–Kier alpha value is -2.29. The number of para-hydroxylation sites is 1. The van der Waals surface area contributed by atoms with Crippen molar-refractivity contribution >= 4 is 5.91 Å². The number of amides is 1. The lowest BCUT2D eigenvalue weighted by Crippen LogP contribution is -2.38. The van der Waals surface area contributed by atoms with Crippen LogP contribution in [0.4, 0.5) is 0 Å². The molecular formula is C22H29NO2. The van der Waals surface area contributed by atoms with E-state index in [1.54, 1.807) is 6.92 Å². The molecule has 2 aromatic rings. The van der Waals surface area contributed by atoms with Crippen LogP contribution in [-0.4, -0.2) is 12.0 Å². The molecule has 3 nitrogen and oxygen atoms in total. The zero-order valence-corrected chi connectivity index (χ0v) is 16.1. The van der Waals surface area contributed by atoms with E-state index < -0.39 is 6.10 Å². The first-order valence-electron chi connectivity index (χ1n) is 8.92. The second kappa shape index (κ2) is 8.19. The number of carbonyl (C=O) groups excluding carboxylic acids is 1. The van der Waals surface area contributed by atoms with Crippen molar-refractivity contribution in [2.75, 3.05) is 0 Å². The van der Waals surface area contributed by atoms with Gasteiger partial charge in [0.1, 0.15) is 5.75 Å². The highest BCUT2D eigenvalue weighted by Gasteiger charge is 2.19. The molecule has 0 spiro atoms. The van der Waals surface area contributed by atoms with E-state index in [1.807, 2.05) is 31.2 Å². The van der Waals surface area contributed by atoms with Crippen molar-refractivity contribution in [3.63, 3.8) is 0 Å². The van der Waals surface area contributed by atoms with Crippen LogP contribution in [-0.2, 0) is 4.79 Å². The molecule has 0 aromatic heterocycles. The quantitative estimate of drug-likeness (QED) is 0.798. The van der Waals surface area contributed by atoms with Crippen LogP contribution in [0.2, 0.25) is 0 Å². The molecule has 0 aliphatic heterocycles. The van der Waals surface area contributed by atoms with Crippen LogP contribution in [0.3, 0.4) is 0 Å². The third-order valence-corrected chi connectivity index (χ3v) is 4.60. The van der Waals surface area contributed by atoms with Crippen molar-refractivity contribution in [2.24, 2.45) is 0 Å². The van der Waals surface area contributed by atoms with Gasteiger partial charge >= 0.3 is 0 Å². The lowest BCUT2D eigenvalue weighted by molar-refractivity contribution is -0.127. The first-order valence-corrected chi connectivity index (χ1v) is 8.92. The molecule has 1 amide bonds. The van der Waals surface area contributed by atoms with Crippen molar-refractivity contribution in [1.82, 2.24) is 5.32 Å². The van der Waals surface area contributed by atoms with Gasteiger partial charge in [0.05, 0.1) is 6.04 Å². The van der Waals surface area contributed by atoms with Crippen LogP contribution < -0.4 is 10.1 Å². The zero-order valence-electron chi connectivity index (χ0n) is 16.1. The number of aryl methyl sites for hydroxylation is 2. The molecule has 0 unspecified atom stereocenters. The van der Waals surface area contributed by atoms with E-state index >= 15 is 0 Å². The summed E-state index contributed by atoms with van der Waals surface area (Å²) >= 11 is 0. The molecule has 0 radical (unpaired) electrons. The second-order valence-electron chi connectivity index (χ2n) is 7.03. The van der Waals surface area contributed by atoms with Crippen molar-refractivity contribution in [1.29, 1.82) is 0 Å². The SMILES string of the molecule is Cc1ccc([C@@H](C)NC(=O)[C@H](C)Oc2ccccc2C(C)C)cc1C. The van der Waals surface area contributed by atoms with Gasteiger partial charge in [-0.2, -0.15) is 0 Å². The van der Waals surface area contributed by atoms with Crippen LogP contribution in [0, 0.1) is 13.8 Å². The highest BCUT2D eigenvalue weighted by atomic mass is 16.5. The first kappa shape index (κ1) is 19.0. The Kier molecular flexibility index (Phi) is 6.24. The van der Waals surface area contributed by atoms with E-state index in [-0.39, 0.29) is 11.9 Å². The van der Waals surface area contributed by atoms with Gasteiger partial charge in [-0.25, -0.2) is 0 Å². The van der Waals surface area contributed by atoms with Crippen LogP contribution in [0.5, 0.6) is 5.75 Å². The molecule has 0 aliphatic carbocycles. The standard InChI is InChI=1S/C22H29NO2/c1-14(2)20-9-7-8-10-21(20)25-18(6)22(24)23-17(5)19-12-11-15(3)16(4)13-19/h7-14,17-18H,1-6H3,(H,23,24)/t17-,18+/m1/s1. The van der Waals surface area contributed by atoms with Gasteiger partial charge < -0.3 is 10.1 Å². The van der Waals surface area contributed by atoms with Gasteiger partial charge in [-0.3, -0.25) is 4.79 Å². The van der Waals surface area contributed by atoms with E-state index in [9.17, 15) is 4.79 Å². The maximum absolute atomic E-state index is 12.5. The Bertz CT molecular complexity index is 737. The Balaban J connectivity index is 2.04. The molecule has 25 heavy (non-hydrogen) atoms. The minimum atomic E-state index is -0.547. The molecule has 0 bridgehead atoms. The van der Waals surface area contributed by atoms with Crippen LogP contribution in [0.15, 0.2) is 42.5 Å². The second-order valence-corrected chi connectivity index (χ2v) is 7.03. The van der Waals surface area contributed by atoms with Crippen molar-refractivity contribution in [2.45, 2.75) is 59.6 Å². The Labute approximate surface area is 151 Å². The summed E-state index contributed by atoms with van der Waals surface area (Å²) in [6.07, 6.45) is -0.547. The van der Waals surface area contributed by atoms with Gasteiger partial charge in [0.25, 0.3) is 5.91 Å². The third-order valence-electron chi connectivity index (χ3n) is 4.60. The summed E-state index contributed by atoms with van der Waals surface area (Å²) in [5, 5.41) is 3.05. The lowest BCUT2D eigenvalue weighted by Gasteiger charge is -2.21. The molecule has 2 aromatic carbocycles. The highest BCUT2D eigenvalue weighted by Crippen LogP contribution is 2.27. The molecule has 0 saturated carbocycles. The fraction of sp³-hybridized carbons (Fsp3) is 0.409. The van der Waals surface area contributed by atoms with Gasteiger partial charge in [-0.1, -0.05) is 50.2 Å². The lowest BCUT2D eigenvalue weighted by atomic mass is 10.0. The molecule has 1 N–H and O–H groups in total. The fourth-order valence-corrected chi connectivity index (χ4v) is 2.76. The summed E-state index contributed by atoms with van der Waals surface area (Å²) < 4.78 is 5.94. The first-order chi connectivity index (χ1) is 11.8. The zero-order chi connectivity index (χ0) is 18.6. The van der Waals surface area contributed by atoms with Crippen molar-refractivity contribution in [3.8, 4) is 5.75 Å². The molecule has 0 heterocycles. The average molecular weight is 339 g/mol. The van der Waals surface area contributed by atoms with E-state index in [4.69, 9.17) is 4.74 Å². The number of rotatable bonds is 6. The maximum atomic E-state index is 12.5. The number of carbonyl (C=O) groups is 1. The summed E-state index contributed by atoms with van der Waals surface area (Å²) in [7, 11) is 0. The van der Waals surface area contributed by atoms with Crippen LogP contribution in [0.1, 0.15) is 61.9 Å². The van der Waals surface area contributed by atoms with Gasteiger partial charge in [-0.15, -0.1) is 0 Å². The topological polar surface area (TPSA) is 38.3 Å². The normalized spacial score (nSPS) is 13.4. The minimum Gasteiger partial charge on any atom is -0.481 e. The van der Waals surface area contributed by atoms with E-state index in [1.165, 1.54) is 11.1 Å². The molecular weight excluding hydrogens is 310 g/mol. The third kappa shape index (κ3) is 4.85. The van der Waals surface area contributed by atoms with Gasteiger partial charge in [0.2, 0.25) is 0 Å². The number of hydrogen-bond acceptors (Lipinski definition) is 2. The van der Waals surface area contributed by atoms with Crippen LogP contribution >= 0.6 is 0 Å². The largest absolute Gasteiger partial charge is 0.481 e. The molecule has 0 aliphatic rings. The monoisotopic (exact) mass is 339 g/mol. The van der Waals surface area contributed by atoms with Crippen molar-refractivity contribution < 1.29 is 9.53 Å². The highest BCUT2D eigenvalue weighted by molar-refractivity contribution is 5.81. The van der Waals surface area contributed by atoms with Crippen molar-refractivity contribution in [3.05, 3.63) is 64.7 Å². The Morgan fingerprint density at radius 1 is 0.960 bits per heavy atom. The number of nitrogens with one attached hydrogen (secondary N) is 1. The number of ether oxygens (including phenoxy) is 1. The van der Waals surface area contributed by atoms with E-state index in [0.29, 0.717) is 5.92 Å². The fourth-order valence-electron chi connectivity index (χ4n) is 2.76. The van der Waals surface area contributed by atoms with E-state index in [0.717, 1.165) is 16.9 Å². The Morgan fingerprint density at radius 3 is 2.28 bits per heavy atom. The molecule has 3 heteroatoms. The molecule has 134 valence electrons. The predicted octanol–water partition coefficient (Wildman–Crippen LogP) is 5.07. The van der Waals surface area contributed by atoms with Gasteiger partial charge in [0, 0.05) is 0 Å². The molecule has 2 rings (SSSR count). The van der Waals surface area contributed by atoms with Crippen LogP contribution in [0.25, 0.3) is 0 Å². The minimum absolute atomic E-state index is 0.0572. The number of benzene rings is 2. The van der Waals surface area contributed by atoms with Gasteiger partial charge in [-0.05, 0) is 61.9 Å². The molecule has 0 saturated heterocycles. The van der Waals surface area contributed by atoms with E-state index in [2.05, 4.69) is 51.2 Å². The smallest absolute Gasteiger partial charge is 0.261 e.